The Morgan fingerprint density at radius 2 is 0.564 bits per heavy atom. The molecule has 0 spiro atoms. The molecule has 0 radical (unpaired) electrons. The second-order valence-electron chi connectivity index (χ2n) is 13.8. The third-order valence-electron chi connectivity index (χ3n) is 10.3. The van der Waals surface area contributed by atoms with Gasteiger partial charge in [0.2, 0.25) is 0 Å². The summed E-state index contributed by atoms with van der Waals surface area (Å²) in [6.45, 7) is 0. The quantitative estimate of drug-likeness (QED) is 0.148. The molecule has 55 heavy (non-hydrogen) atoms. The first-order valence-electron chi connectivity index (χ1n) is 18.9. The van der Waals surface area contributed by atoms with Gasteiger partial charge in [-0.05, 0) is 124 Å². The van der Waals surface area contributed by atoms with Crippen LogP contribution in [0.4, 0.5) is 34.1 Å². The van der Waals surface area contributed by atoms with Crippen LogP contribution < -0.4 is 9.80 Å². The minimum absolute atomic E-state index is 0.955. The highest BCUT2D eigenvalue weighted by Crippen LogP contribution is 2.40. The molecule has 0 atom stereocenters. The summed E-state index contributed by atoms with van der Waals surface area (Å²) in [6.07, 6.45) is 9.84. The maximum atomic E-state index is 2.33. The van der Waals surface area contributed by atoms with Gasteiger partial charge in [0.15, 0.2) is 0 Å². The minimum Gasteiger partial charge on any atom is -0.311 e. The molecule has 0 heterocycles. The number of nitrogens with zero attached hydrogens (tertiary/aromatic N) is 2. The van der Waals surface area contributed by atoms with Crippen molar-refractivity contribution in [3.63, 3.8) is 0 Å². The Balaban J connectivity index is 1.03. The summed E-state index contributed by atoms with van der Waals surface area (Å²) < 4.78 is 0. The highest BCUT2D eigenvalue weighted by Gasteiger charge is 2.16. The van der Waals surface area contributed by atoms with Crippen LogP contribution in [-0.4, -0.2) is 0 Å². The molecule has 1 aliphatic carbocycles. The molecule has 1 aliphatic rings. The van der Waals surface area contributed by atoms with Crippen LogP contribution >= 0.6 is 0 Å². The molecule has 2 nitrogen and oxygen atoms in total. The zero-order chi connectivity index (χ0) is 36.8. The predicted molar refractivity (Wildman–Crippen MR) is 235 cm³/mol. The highest BCUT2D eigenvalue weighted by molar-refractivity contribution is 5.83. The van der Waals surface area contributed by atoms with Crippen LogP contribution in [0.5, 0.6) is 0 Å². The predicted octanol–water partition coefficient (Wildman–Crippen LogP) is 15.1. The van der Waals surface area contributed by atoms with Crippen LogP contribution in [0.2, 0.25) is 0 Å². The maximum absolute atomic E-state index is 2.33. The number of allylic oxidation sites excluding steroid dienone is 2. The molecule has 0 unspecified atom stereocenters. The average molecular weight is 705 g/mol. The lowest BCUT2D eigenvalue weighted by Gasteiger charge is -2.27. The maximum Gasteiger partial charge on any atom is 0.0468 e. The second-order valence-corrected chi connectivity index (χ2v) is 13.8. The van der Waals surface area contributed by atoms with Gasteiger partial charge in [-0.3, -0.25) is 0 Å². The van der Waals surface area contributed by atoms with Crippen molar-refractivity contribution >= 4 is 46.3 Å². The topological polar surface area (TPSA) is 6.48 Å². The van der Waals surface area contributed by atoms with Gasteiger partial charge in [-0.25, -0.2) is 0 Å². The van der Waals surface area contributed by atoms with Crippen LogP contribution in [0.3, 0.4) is 0 Å². The smallest absolute Gasteiger partial charge is 0.0468 e. The average Bonchev–Trinajstić information content (AvgIpc) is 3.51. The number of para-hydroxylation sites is 1. The Hall–Kier alpha value is -7.16. The Bertz CT molecular complexity index is 2470. The van der Waals surface area contributed by atoms with Crippen molar-refractivity contribution in [2.24, 2.45) is 0 Å². The molecule has 8 aromatic rings. The van der Waals surface area contributed by atoms with E-state index in [1.807, 2.05) is 0 Å². The minimum atomic E-state index is 0.955. The second kappa shape index (κ2) is 15.4. The van der Waals surface area contributed by atoms with Crippen LogP contribution in [0.1, 0.15) is 17.5 Å². The number of benzene rings is 8. The third kappa shape index (κ3) is 7.27. The van der Waals surface area contributed by atoms with E-state index in [2.05, 4.69) is 240 Å². The number of fused-ring (bicyclic) bond motifs is 1. The van der Waals surface area contributed by atoms with Gasteiger partial charge in [0.25, 0.3) is 0 Å². The van der Waals surface area contributed by atoms with Gasteiger partial charge in [0.1, 0.15) is 0 Å². The van der Waals surface area contributed by atoms with Gasteiger partial charge in [0, 0.05) is 34.1 Å². The molecule has 0 N–H and O–H groups in total. The lowest BCUT2D eigenvalue weighted by molar-refractivity contribution is 1.28. The van der Waals surface area contributed by atoms with E-state index in [9.17, 15) is 0 Å². The summed E-state index contributed by atoms with van der Waals surface area (Å²) in [5.74, 6) is 0. The number of rotatable bonds is 9. The van der Waals surface area contributed by atoms with Crippen molar-refractivity contribution in [2.75, 3.05) is 9.80 Å². The van der Waals surface area contributed by atoms with Gasteiger partial charge in [-0.15, -0.1) is 0 Å². The van der Waals surface area contributed by atoms with E-state index in [1.54, 1.807) is 0 Å². The summed E-state index contributed by atoms with van der Waals surface area (Å²) in [6, 6.07) is 74.0. The Labute approximate surface area is 324 Å². The van der Waals surface area contributed by atoms with E-state index in [4.69, 9.17) is 0 Å². The fraction of sp³-hybridized carbons (Fsp3) is 0.0189. The molecule has 0 fully saturated rings. The van der Waals surface area contributed by atoms with Crippen molar-refractivity contribution < 1.29 is 0 Å². The van der Waals surface area contributed by atoms with E-state index in [0.717, 1.165) is 40.5 Å². The first-order chi connectivity index (χ1) is 27.3. The van der Waals surface area contributed by atoms with Crippen molar-refractivity contribution in [3.05, 3.63) is 230 Å². The first-order valence-corrected chi connectivity index (χ1v) is 18.9. The largest absolute Gasteiger partial charge is 0.311 e. The molecule has 0 aliphatic heterocycles. The Morgan fingerprint density at radius 1 is 0.255 bits per heavy atom. The molecular formula is C53H40N2. The molecule has 2 heteroatoms. The first kappa shape index (κ1) is 33.7. The summed E-state index contributed by atoms with van der Waals surface area (Å²) in [7, 11) is 0. The lowest BCUT2D eigenvalue weighted by Crippen LogP contribution is -2.10. The summed E-state index contributed by atoms with van der Waals surface area (Å²) >= 11 is 0. The molecule has 9 rings (SSSR count). The molecule has 262 valence electrons. The zero-order valence-corrected chi connectivity index (χ0v) is 30.5. The van der Waals surface area contributed by atoms with Gasteiger partial charge in [-0.2, -0.15) is 0 Å². The van der Waals surface area contributed by atoms with Crippen LogP contribution in [0.25, 0.3) is 45.5 Å². The normalized spacial score (nSPS) is 11.8. The SMILES string of the molecule is C1=Cc2ccc(N(c3ccccc3)c3ccc(-c4ccc(N(c5ccc(-c6ccccc6)cc5)c5ccc(-c6ccccc6)cc5)cc4)cc3)cc2C=CC1. The molecule has 0 saturated carbocycles. The van der Waals surface area contributed by atoms with Gasteiger partial charge in [0.05, 0.1) is 0 Å². The van der Waals surface area contributed by atoms with Gasteiger partial charge in [-0.1, -0.05) is 158 Å². The van der Waals surface area contributed by atoms with E-state index < -0.39 is 0 Å². The van der Waals surface area contributed by atoms with Crippen molar-refractivity contribution in [3.8, 4) is 33.4 Å². The number of hydrogen-bond donors (Lipinski definition) is 0. The fourth-order valence-electron chi connectivity index (χ4n) is 7.41. The van der Waals surface area contributed by atoms with Crippen molar-refractivity contribution in [1.29, 1.82) is 0 Å². The molecule has 0 bridgehead atoms. The summed E-state index contributed by atoms with van der Waals surface area (Å²) in [5, 5.41) is 0. The summed E-state index contributed by atoms with van der Waals surface area (Å²) in [5.41, 5.74) is 16.3. The standard InChI is InChI=1S/C53H40N2/c1-5-13-40(14-6-1)43-21-30-49(31-22-43)54(50-32-23-44(24-33-50)41-15-7-2-8-16-41)51-34-25-45(26-35-51)46-27-36-52(37-28-46)55(48-19-11-4-12-20-48)53-38-29-42-17-9-3-10-18-47(42)39-53/h1-2,4-39H,3H2. The zero-order valence-electron chi connectivity index (χ0n) is 30.5. The van der Waals surface area contributed by atoms with Crippen molar-refractivity contribution in [2.45, 2.75) is 6.42 Å². The monoisotopic (exact) mass is 704 g/mol. The molecular weight excluding hydrogens is 665 g/mol. The molecule has 0 aromatic heterocycles. The Kier molecular flexibility index (Phi) is 9.45. The van der Waals surface area contributed by atoms with Crippen LogP contribution in [-0.2, 0) is 0 Å². The highest BCUT2D eigenvalue weighted by atomic mass is 15.1. The third-order valence-corrected chi connectivity index (χ3v) is 10.3. The van der Waals surface area contributed by atoms with E-state index in [1.165, 1.54) is 44.5 Å². The number of anilines is 6. The van der Waals surface area contributed by atoms with Crippen molar-refractivity contribution in [1.82, 2.24) is 0 Å². The lowest BCUT2D eigenvalue weighted by atomic mass is 10.0. The van der Waals surface area contributed by atoms with Gasteiger partial charge >= 0.3 is 0 Å². The number of hydrogen-bond acceptors (Lipinski definition) is 2. The van der Waals surface area contributed by atoms with E-state index in [-0.39, 0.29) is 0 Å². The Morgan fingerprint density at radius 3 is 0.982 bits per heavy atom. The van der Waals surface area contributed by atoms with Gasteiger partial charge < -0.3 is 9.80 Å². The molecule has 0 saturated heterocycles. The van der Waals surface area contributed by atoms with Crippen LogP contribution in [0.15, 0.2) is 218 Å². The van der Waals surface area contributed by atoms with E-state index in [0.29, 0.717) is 0 Å². The fourth-order valence-corrected chi connectivity index (χ4v) is 7.41. The van der Waals surface area contributed by atoms with E-state index >= 15 is 0 Å². The van der Waals surface area contributed by atoms with Crippen LogP contribution in [0, 0.1) is 0 Å². The summed E-state index contributed by atoms with van der Waals surface area (Å²) in [4.78, 5) is 4.67. The molecule has 8 aromatic carbocycles. The molecule has 0 amide bonds.